The van der Waals surface area contributed by atoms with Gasteiger partial charge in [0.2, 0.25) is 0 Å². The Morgan fingerprint density at radius 2 is 2.00 bits per heavy atom. The van der Waals surface area contributed by atoms with Crippen molar-refractivity contribution in [2.75, 3.05) is 6.61 Å². The zero-order chi connectivity index (χ0) is 13.4. The molecule has 3 nitrogen and oxygen atoms in total. The van der Waals surface area contributed by atoms with E-state index in [-0.39, 0.29) is 12.0 Å². The van der Waals surface area contributed by atoms with Crippen LogP contribution in [0.15, 0.2) is 6.07 Å². The zero-order valence-corrected chi connectivity index (χ0v) is 11.2. The Hall–Kier alpha value is -0.380. The molecule has 2 rings (SSSR count). The molecular formula is C11H10F3IO3. The van der Waals surface area contributed by atoms with Crippen LogP contribution in [-0.4, -0.2) is 29.0 Å². The van der Waals surface area contributed by atoms with E-state index in [9.17, 15) is 18.3 Å². The van der Waals surface area contributed by atoms with Crippen LogP contribution in [0.1, 0.15) is 18.1 Å². The van der Waals surface area contributed by atoms with Crippen LogP contribution < -0.4 is 0 Å². The van der Waals surface area contributed by atoms with E-state index < -0.39 is 45.9 Å². The molecule has 1 aromatic rings. The lowest BCUT2D eigenvalue weighted by Crippen LogP contribution is -2.24. The molecule has 3 atom stereocenters. The highest BCUT2D eigenvalue weighted by Crippen LogP contribution is 2.36. The molecule has 1 heterocycles. The van der Waals surface area contributed by atoms with Gasteiger partial charge in [0.1, 0.15) is 11.9 Å². The van der Waals surface area contributed by atoms with Gasteiger partial charge in [0.25, 0.3) is 0 Å². The van der Waals surface area contributed by atoms with E-state index in [1.165, 1.54) is 22.6 Å². The van der Waals surface area contributed by atoms with Gasteiger partial charge in [0.15, 0.2) is 11.6 Å². The van der Waals surface area contributed by atoms with Gasteiger partial charge < -0.3 is 14.9 Å². The minimum Gasteiger partial charge on any atom is -0.394 e. The van der Waals surface area contributed by atoms with Crippen LogP contribution >= 0.6 is 22.6 Å². The van der Waals surface area contributed by atoms with Crippen LogP contribution in [0.2, 0.25) is 0 Å². The molecule has 2 N–H and O–H groups in total. The van der Waals surface area contributed by atoms with Crippen LogP contribution in [0.3, 0.4) is 0 Å². The summed E-state index contributed by atoms with van der Waals surface area (Å²) in [6.45, 7) is -0.417. The lowest BCUT2D eigenvalue weighted by molar-refractivity contribution is -0.0234. The first-order chi connectivity index (χ1) is 8.45. The van der Waals surface area contributed by atoms with Crippen molar-refractivity contribution in [2.45, 2.75) is 24.7 Å². The van der Waals surface area contributed by atoms with Crippen LogP contribution in [0.4, 0.5) is 13.2 Å². The predicted molar refractivity (Wildman–Crippen MR) is 64.4 cm³/mol. The molecule has 0 saturated carbocycles. The lowest BCUT2D eigenvalue weighted by Gasteiger charge is -2.14. The van der Waals surface area contributed by atoms with Gasteiger partial charge >= 0.3 is 0 Å². The third kappa shape index (κ3) is 2.36. The van der Waals surface area contributed by atoms with Crippen molar-refractivity contribution in [3.05, 3.63) is 32.7 Å². The number of aliphatic hydroxyl groups excluding tert-OH is 2. The Bertz CT molecular complexity index is 469. The summed E-state index contributed by atoms with van der Waals surface area (Å²) in [5.41, 5.74) is -0.145. The molecule has 100 valence electrons. The van der Waals surface area contributed by atoms with E-state index in [2.05, 4.69) is 0 Å². The monoisotopic (exact) mass is 374 g/mol. The minimum absolute atomic E-state index is 0.0311. The molecule has 0 aliphatic carbocycles. The lowest BCUT2D eigenvalue weighted by atomic mass is 10.0. The standard InChI is InChI=1S/C11H10F3IO3/c12-5-1-4(9(13)11(15)10(5)14)7-2-6(17)8(3-16)18-7/h1,6-8,16-17H,2-3H2/t6-,7+,8+/m0/s1. The minimum atomic E-state index is -1.24. The highest BCUT2D eigenvalue weighted by molar-refractivity contribution is 14.1. The summed E-state index contributed by atoms with van der Waals surface area (Å²) in [4.78, 5) is 0. The van der Waals surface area contributed by atoms with Crippen LogP contribution in [0, 0.1) is 21.0 Å². The molecule has 1 aromatic carbocycles. The highest BCUT2D eigenvalue weighted by atomic mass is 127. The van der Waals surface area contributed by atoms with Gasteiger partial charge in [0, 0.05) is 12.0 Å². The molecule has 0 radical (unpaired) electrons. The fourth-order valence-corrected chi connectivity index (χ4v) is 2.49. The van der Waals surface area contributed by atoms with Crippen molar-refractivity contribution in [2.24, 2.45) is 0 Å². The Balaban J connectivity index is 2.36. The van der Waals surface area contributed by atoms with E-state index >= 15 is 0 Å². The summed E-state index contributed by atoms with van der Waals surface area (Å²) in [5.74, 6) is -3.30. The summed E-state index contributed by atoms with van der Waals surface area (Å²) >= 11 is 1.37. The van der Waals surface area contributed by atoms with Gasteiger partial charge in [-0.3, -0.25) is 0 Å². The number of halogens is 4. The zero-order valence-electron chi connectivity index (χ0n) is 9.04. The average molecular weight is 374 g/mol. The summed E-state index contributed by atoms with van der Waals surface area (Å²) < 4.78 is 44.9. The number of hydrogen-bond acceptors (Lipinski definition) is 3. The fourth-order valence-electron chi connectivity index (χ4n) is 1.92. The number of aliphatic hydroxyl groups is 2. The van der Waals surface area contributed by atoms with Crippen molar-refractivity contribution in [1.82, 2.24) is 0 Å². The maximum atomic E-state index is 13.8. The molecule has 1 aliphatic heterocycles. The Labute approximate surface area is 115 Å². The number of ether oxygens (including phenoxy) is 1. The Morgan fingerprint density at radius 1 is 1.33 bits per heavy atom. The van der Waals surface area contributed by atoms with Crippen molar-refractivity contribution in [1.29, 1.82) is 0 Å². The third-order valence-corrected chi connectivity index (χ3v) is 3.83. The molecule has 7 heteroatoms. The van der Waals surface area contributed by atoms with E-state index in [0.29, 0.717) is 0 Å². The van der Waals surface area contributed by atoms with Gasteiger partial charge in [-0.05, 0) is 28.7 Å². The summed E-state index contributed by atoms with van der Waals surface area (Å²) in [7, 11) is 0. The first kappa shape index (κ1) is 14.0. The van der Waals surface area contributed by atoms with E-state index in [1.807, 2.05) is 0 Å². The predicted octanol–water partition coefficient (Wildman–Crippen LogP) is 1.89. The summed E-state index contributed by atoms with van der Waals surface area (Å²) in [6.07, 6.45) is -2.64. The maximum Gasteiger partial charge on any atom is 0.175 e. The normalized spacial score (nSPS) is 27.8. The van der Waals surface area contributed by atoms with E-state index in [0.717, 1.165) is 6.07 Å². The molecule has 0 unspecified atom stereocenters. The molecule has 0 spiro atoms. The number of hydrogen-bond donors (Lipinski definition) is 2. The summed E-state index contributed by atoms with van der Waals surface area (Å²) in [5, 5.41) is 18.4. The average Bonchev–Trinajstić information content (AvgIpc) is 2.72. The number of rotatable bonds is 2. The van der Waals surface area contributed by atoms with Gasteiger partial charge in [-0.25, -0.2) is 13.2 Å². The summed E-state index contributed by atoms with van der Waals surface area (Å²) in [6, 6.07) is 0.726. The molecular weight excluding hydrogens is 364 g/mol. The van der Waals surface area contributed by atoms with Crippen molar-refractivity contribution in [3.8, 4) is 0 Å². The van der Waals surface area contributed by atoms with Crippen LogP contribution in [0.5, 0.6) is 0 Å². The van der Waals surface area contributed by atoms with Crippen molar-refractivity contribution in [3.63, 3.8) is 0 Å². The Kier molecular flexibility index (Phi) is 4.15. The topological polar surface area (TPSA) is 49.7 Å². The molecule has 0 amide bonds. The van der Waals surface area contributed by atoms with Gasteiger partial charge in [-0.15, -0.1) is 0 Å². The smallest absolute Gasteiger partial charge is 0.175 e. The second-order valence-corrected chi connectivity index (χ2v) is 5.12. The second kappa shape index (κ2) is 5.32. The van der Waals surface area contributed by atoms with Crippen LogP contribution in [0.25, 0.3) is 0 Å². The highest BCUT2D eigenvalue weighted by Gasteiger charge is 2.36. The number of benzene rings is 1. The quantitative estimate of drug-likeness (QED) is 0.473. The molecule has 1 aliphatic rings. The first-order valence-electron chi connectivity index (χ1n) is 5.23. The van der Waals surface area contributed by atoms with Crippen molar-refractivity contribution < 1.29 is 28.1 Å². The fraction of sp³-hybridized carbons (Fsp3) is 0.455. The third-order valence-electron chi connectivity index (χ3n) is 2.88. The SMILES string of the molecule is OC[C@H]1O[C@@H](c2cc(F)c(F)c(I)c2F)C[C@@H]1O. The molecule has 0 bridgehead atoms. The second-order valence-electron chi connectivity index (χ2n) is 4.04. The van der Waals surface area contributed by atoms with E-state index in [1.54, 1.807) is 0 Å². The molecule has 1 saturated heterocycles. The van der Waals surface area contributed by atoms with Gasteiger partial charge in [-0.1, -0.05) is 0 Å². The molecule has 18 heavy (non-hydrogen) atoms. The largest absolute Gasteiger partial charge is 0.394 e. The maximum absolute atomic E-state index is 13.8. The van der Waals surface area contributed by atoms with Crippen molar-refractivity contribution >= 4 is 22.6 Å². The van der Waals surface area contributed by atoms with Crippen LogP contribution in [-0.2, 0) is 4.74 Å². The molecule has 1 fully saturated rings. The molecule has 0 aromatic heterocycles. The Morgan fingerprint density at radius 3 is 2.56 bits per heavy atom. The first-order valence-corrected chi connectivity index (χ1v) is 6.30. The van der Waals surface area contributed by atoms with Gasteiger partial charge in [0.05, 0.1) is 22.4 Å². The van der Waals surface area contributed by atoms with Gasteiger partial charge in [-0.2, -0.15) is 0 Å². The van der Waals surface area contributed by atoms with E-state index in [4.69, 9.17) is 9.84 Å².